The smallest absolute Gasteiger partial charge is 0.273 e. The summed E-state index contributed by atoms with van der Waals surface area (Å²) in [6.07, 6.45) is 0. The average molecular weight is 401 g/mol. The lowest BCUT2D eigenvalue weighted by molar-refractivity contribution is 0.0730. The van der Waals surface area contributed by atoms with Crippen LogP contribution in [0, 0.1) is 11.6 Å². The Morgan fingerprint density at radius 3 is 2.40 bits per heavy atom. The molecule has 0 spiro atoms. The average Bonchev–Trinajstić information content (AvgIpc) is 3.30. The van der Waals surface area contributed by atoms with E-state index in [2.05, 4.69) is 10.2 Å². The number of hydrogen-bond acceptors (Lipinski definition) is 2. The molecule has 1 aliphatic rings. The van der Waals surface area contributed by atoms with E-state index in [0.29, 0.717) is 17.0 Å². The van der Waals surface area contributed by atoms with Crippen molar-refractivity contribution < 1.29 is 13.6 Å². The number of aromatic amines is 1. The molecular formula is C24H17F2N3O. The number of rotatable bonds is 4. The maximum Gasteiger partial charge on any atom is 0.273 e. The number of nitrogens with one attached hydrogen (secondary N) is 1. The Morgan fingerprint density at radius 2 is 1.67 bits per heavy atom. The first kappa shape index (κ1) is 18.2. The van der Waals surface area contributed by atoms with Crippen LogP contribution in [0.15, 0.2) is 78.9 Å². The van der Waals surface area contributed by atoms with Gasteiger partial charge in [-0.15, -0.1) is 0 Å². The van der Waals surface area contributed by atoms with Crippen LogP contribution in [0.4, 0.5) is 8.78 Å². The van der Waals surface area contributed by atoms with Crippen LogP contribution in [0.1, 0.15) is 33.2 Å². The van der Waals surface area contributed by atoms with Crippen molar-refractivity contribution in [2.45, 2.75) is 12.6 Å². The number of halogens is 2. The second kappa shape index (κ2) is 7.22. The van der Waals surface area contributed by atoms with Gasteiger partial charge in [0.2, 0.25) is 0 Å². The van der Waals surface area contributed by atoms with Crippen molar-refractivity contribution in [3.8, 4) is 11.3 Å². The summed E-state index contributed by atoms with van der Waals surface area (Å²) in [6, 6.07) is 21.3. The first-order chi connectivity index (χ1) is 14.6. The Morgan fingerprint density at radius 1 is 0.900 bits per heavy atom. The monoisotopic (exact) mass is 401 g/mol. The number of carbonyl (C=O) groups excluding carboxylic acids is 1. The first-order valence-corrected chi connectivity index (χ1v) is 9.56. The molecule has 3 aromatic carbocycles. The third kappa shape index (κ3) is 3.06. The molecule has 2 heterocycles. The van der Waals surface area contributed by atoms with Crippen LogP contribution in [-0.2, 0) is 6.54 Å². The van der Waals surface area contributed by atoms with Gasteiger partial charge in [0, 0.05) is 17.7 Å². The largest absolute Gasteiger partial charge is 0.322 e. The maximum atomic E-state index is 14.1. The molecule has 0 fully saturated rings. The molecule has 0 radical (unpaired) electrons. The van der Waals surface area contributed by atoms with Crippen molar-refractivity contribution in [3.63, 3.8) is 0 Å². The number of hydrogen-bond donors (Lipinski definition) is 1. The number of benzene rings is 3. The van der Waals surface area contributed by atoms with Crippen LogP contribution < -0.4 is 0 Å². The molecule has 6 heteroatoms. The predicted octanol–water partition coefficient (Wildman–Crippen LogP) is 5.10. The minimum Gasteiger partial charge on any atom is -0.322 e. The van der Waals surface area contributed by atoms with Gasteiger partial charge in [-0.05, 0) is 35.4 Å². The molecule has 0 aliphatic carbocycles. The Balaban J connectivity index is 1.64. The quantitative estimate of drug-likeness (QED) is 0.517. The summed E-state index contributed by atoms with van der Waals surface area (Å²) < 4.78 is 27.4. The molecule has 0 bridgehead atoms. The number of aromatic nitrogens is 2. The minimum absolute atomic E-state index is 0.224. The third-order valence-corrected chi connectivity index (χ3v) is 5.34. The van der Waals surface area contributed by atoms with E-state index < -0.39 is 6.04 Å². The molecule has 4 aromatic rings. The summed E-state index contributed by atoms with van der Waals surface area (Å²) in [7, 11) is 0. The van der Waals surface area contributed by atoms with Crippen LogP contribution in [-0.4, -0.2) is 21.0 Å². The number of nitrogens with zero attached hydrogens (tertiary/aromatic N) is 2. The highest BCUT2D eigenvalue weighted by Crippen LogP contribution is 2.43. The van der Waals surface area contributed by atoms with Gasteiger partial charge in [-0.1, -0.05) is 54.6 Å². The lowest BCUT2D eigenvalue weighted by Gasteiger charge is -2.26. The second-order valence-electron chi connectivity index (χ2n) is 7.24. The van der Waals surface area contributed by atoms with Crippen LogP contribution in [0.25, 0.3) is 11.3 Å². The maximum absolute atomic E-state index is 14.1. The summed E-state index contributed by atoms with van der Waals surface area (Å²) in [5, 5.41) is 7.27. The Bertz CT molecular complexity index is 1220. The van der Waals surface area contributed by atoms with E-state index in [1.165, 1.54) is 24.3 Å². The molecule has 1 amide bonds. The fraction of sp³-hybridized carbons (Fsp3) is 0.0833. The topological polar surface area (TPSA) is 49.0 Å². The second-order valence-corrected chi connectivity index (χ2v) is 7.24. The molecule has 5 rings (SSSR count). The standard InChI is InChI=1S/C24H17F2N3O/c25-18-11-9-15(10-12-18)14-29-23(17-7-4-8-19(26)13-17)20-21(16-5-2-1-3-6-16)27-28-22(20)24(29)30/h1-13,23H,14H2,(H,27,28). The number of amides is 1. The summed E-state index contributed by atoms with van der Waals surface area (Å²) in [4.78, 5) is 14.9. The summed E-state index contributed by atoms with van der Waals surface area (Å²) in [5.41, 5.74) is 4.08. The van der Waals surface area contributed by atoms with Gasteiger partial charge >= 0.3 is 0 Å². The summed E-state index contributed by atoms with van der Waals surface area (Å²) >= 11 is 0. The van der Waals surface area contributed by atoms with Gasteiger partial charge in [-0.25, -0.2) is 8.78 Å². The Kier molecular flexibility index (Phi) is 4.39. The third-order valence-electron chi connectivity index (χ3n) is 5.34. The van der Waals surface area contributed by atoms with Crippen LogP contribution in [0.3, 0.4) is 0 Å². The van der Waals surface area contributed by atoms with Crippen LogP contribution >= 0.6 is 0 Å². The van der Waals surface area contributed by atoms with Crippen molar-refractivity contribution in [1.29, 1.82) is 0 Å². The molecule has 1 aromatic heterocycles. The van der Waals surface area contributed by atoms with E-state index in [0.717, 1.165) is 16.7 Å². The molecule has 1 unspecified atom stereocenters. The minimum atomic E-state index is -0.512. The molecule has 1 aliphatic heterocycles. The lowest BCUT2D eigenvalue weighted by atomic mass is 9.96. The molecule has 1 N–H and O–H groups in total. The van der Waals surface area contributed by atoms with Crippen molar-refractivity contribution in [1.82, 2.24) is 15.1 Å². The molecule has 30 heavy (non-hydrogen) atoms. The van der Waals surface area contributed by atoms with Crippen molar-refractivity contribution in [2.75, 3.05) is 0 Å². The molecule has 0 saturated carbocycles. The molecule has 4 nitrogen and oxygen atoms in total. The number of fused-ring (bicyclic) bond motifs is 1. The van der Waals surface area contributed by atoms with Gasteiger partial charge in [0.1, 0.15) is 17.3 Å². The zero-order valence-electron chi connectivity index (χ0n) is 15.8. The Hall–Kier alpha value is -3.80. The highest BCUT2D eigenvalue weighted by molar-refractivity contribution is 6.00. The first-order valence-electron chi connectivity index (χ1n) is 9.56. The fourth-order valence-electron chi connectivity index (χ4n) is 3.99. The van der Waals surface area contributed by atoms with Crippen molar-refractivity contribution in [2.24, 2.45) is 0 Å². The zero-order chi connectivity index (χ0) is 20.7. The van der Waals surface area contributed by atoms with E-state index in [4.69, 9.17) is 0 Å². The van der Waals surface area contributed by atoms with Crippen LogP contribution in [0.5, 0.6) is 0 Å². The molecular weight excluding hydrogens is 384 g/mol. The Labute approximate surface area is 171 Å². The van der Waals surface area contributed by atoms with Gasteiger partial charge in [-0.2, -0.15) is 5.10 Å². The molecule has 1 atom stereocenters. The van der Waals surface area contributed by atoms with E-state index in [1.807, 2.05) is 30.3 Å². The van der Waals surface area contributed by atoms with E-state index >= 15 is 0 Å². The lowest BCUT2D eigenvalue weighted by Crippen LogP contribution is -2.29. The zero-order valence-corrected chi connectivity index (χ0v) is 15.8. The van der Waals surface area contributed by atoms with Gasteiger partial charge in [-0.3, -0.25) is 9.89 Å². The highest BCUT2D eigenvalue weighted by atomic mass is 19.1. The number of carbonyl (C=O) groups is 1. The summed E-state index contributed by atoms with van der Waals surface area (Å²) in [5.74, 6) is -0.938. The van der Waals surface area contributed by atoms with E-state index in [1.54, 1.807) is 29.2 Å². The normalized spacial score (nSPS) is 15.5. The van der Waals surface area contributed by atoms with Gasteiger partial charge in [0.25, 0.3) is 5.91 Å². The fourth-order valence-corrected chi connectivity index (χ4v) is 3.99. The van der Waals surface area contributed by atoms with E-state index in [9.17, 15) is 13.6 Å². The van der Waals surface area contributed by atoms with Gasteiger partial charge in [0.05, 0.1) is 11.7 Å². The highest BCUT2D eigenvalue weighted by Gasteiger charge is 2.42. The van der Waals surface area contributed by atoms with Gasteiger partial charge in [0.15, 0.2) is 0 Å². The van der Waals surface area contributed by atoms with E-state index in [-0.39, 0.29) is 24.1 Å². The van der Waals surface area contributed by atoms with Crippen molar-refractivity contribution in [3.05, 3.63) is 113 Å². The van der Waals surface area contributed by atoms with Crippen LogP contribution in [0.2, 0.25) is 0 Å². The predicted molar refractivity (Wildman–Crippen MR) is 109 cm³/mol. The molecule has 0 saturated heterocycles. The number of H-pyrrole nitrogens is 1. The van der Waals surface area contributed by atoms with Gasteiger partial charge < -0.3 is 4.90 Å². The summed E-state index contributed by atoms with van der Waals surface area (Å²) in [6.45, 7) is 0.261. The van der Waals surface area contributed by atoms with Crippen molar-refractivity contribution >= 4 is 5.91 Å². The SMILES string of the molecule is O=C1c2[nH]nc(-c3ccccc3)c2C(c2cccc(F)c2)N1Cc1ccc(F)cc1. The molecule has 148 valence electrons.